The normalized spacial score (nSPS) is 23.3. The molecule has 0 amide bonds. The fourth-order valence-electron chi connectivity index (χ4n) is 2.58. The highest BCUT2D eigenvalue weighted by molar-refractivity contribution is 5.62. The molecule has 2 unspecified atom stereocenters. The summed E-state index contributed by atoms with van der Waals surface area (Å²) in [7, 11) is 0. The van der Waals surface area contributed by atoms with Crippen LogP contribution in [0.25, 0.3) is 0 Å². The van der Waals surface area contributed by atoms with Gasteiger partial charge in [0.2, 0.25) is 0 Å². The van der Waals surface area contributed by atoms with E-state index in [0.717, 1.165) is 24.1 Å². The predicted octanol–water partition coefficient (Wildman–Crippen LogP) is 2.99. The van der Waals surface area contributed by atoms with Gasteiger partial charge in [0.05, 0.1) is 11.3 Å². The van der Waals surface area contributed by atoms with E-state index < -0.39 is 0 Å². The number of benzene rings is 1. The molecule has 0 bridgehead atoms. The Labute approximate surface area is 103 Å². The lowest BCUT2D eigenvalue weighted by molar-refractivity contribution is 0.439. The molecule has 90 valence electrons. The molecule has 3 heteroatoms. The number of anilines is 2. The lowest BCUT2D eigenvalue weighted by Crippen LogP contribution is -2.17. The molecule has 1 aromatic carbocycles. The molecule has 1 aliphatic rings. The van der Waals surface area contributed by atoms with Gasteiger partial charge in [0, 0.05) is 12.2 Å². The van der Waals surface area contributed by atoms with Crippen molar-refractivity contribution in [3.63, 3.8) is 0 Å². The van der Waals surface area contributed by atoms with Crippen LogP contribution in [0.5, 0.6) is 0 Å². The summed E-state index contributed by atoms with van der Waals surface area (Å²) in [5.74, 6) is 1.53. The number of hydrogen-bond acceptors (Lipinski definition) is 3. The van der Waals surface area contributed by atoms with E-state index in [9.17, 15) is 0 Å². The third kappa shape index (κ3) is 2.71. The maximum atomic E-state index is 9.04. The monoisotopic (exact) mass is 229 g/mol. The highest BCUT2D eigenvalue weighted by Gasteiger charge is 2.22. The molecule has 0 aromatic heterocycles. The molecule has 17 heavy (non-hydrogen) atoms. The van der Waals surface area contributed by atoms with Gasteiger partial charge in [-0.25, -0.2) is 0 Å². The topological polar surface area (TPSA) is 61.8 Å². The first-order valence-corrected chi connectivity index (χ1v) is 6.24. The van der Waals surface area contributed by atoms with Gasteiger partial charge in [0.25, 0.3) is 0 Å². The summed E-state index contributed by atoms with van der Waals surface area (Å²) < 4.78 is 0. The summed E-state index contributed by atoms with van der Waals surface area (Å²) >= 11 is 0. The highest BCUT2D eigenvalue weighted by atomic mass is 14.9. The van der Waals surface area contributed by atoms with E-state index in [1.165, 1.54) is 19.3 Å². The summed E-state index contributed by atoms with van der Waals surface area (Å²) in [6.07, 6.45) is 3.96. The van der Waals surface area contributed by atoms with Crippen LogP contribution in [0.3, 0.4) is 0 Å². The Morgan fingerprint density at radius 1 is 1.47 bits per heavy atom. The molecule has 3 nitrogen and oxygen atoms in total. The maximum absolute atomic E-state index is 9.04. The van der Waals surface area contributed by atoms with Crippen LogP contribution in [0.4, 0.5) is 11.4 Å². The second-order valence-electron chi connectivity index (χ2n) is 4.97. The largest absolute Gasteiger partial charge is 0.399 e. The number of nitriles is 1. The molecule has 1 aromatic rings. The second-order valence-corrected chi connectivity index (χ2v) is 4.97. The lowest BCUT2D eigenvalue weighted by atomic mass is 9.98. The van der Waals surface area contributed by atoms with Crippen molar-refractivity contribution in [3.8, 4) is 6.07 Å². The molecule has 0 aliphatic heterocycles. The molecule has 0 spiro atoms. The third-order valence-electron chi connectivity index (χ3n) is 3.76. The fraction of sp³-hybridized carbons (Fsp3) is 0.500. The van der Waals surface area contributed by atoms with Crippen molar-refractivity contribution in [2.45, 2.75) is 26.2 Å². The van der Waals surface area contributed by atoms with E-state index in [2.05, 4.69) is 18.3 Å². The average molecular weight is 229 g/mol. The van der Waals surface area contributed by atoms with Gasteiger partial charge in [0.15, 0.2) is 0 Å². The van der Waals surface area contributed by atoms with Crippen molar-refractivity contribution in [1.29, 1.82) is 5.26 Å². The van der Waals surface area contributed by atoms with Crippen LogP contribution in [0, 0.1) is 23.2 Å². The summed E-state index contributed by atoms with van der Waals surface area (Å²) in [6, 6.07) is 7.63. The SMILES string of the molecule is CC1CCCC1CNc1ccc(N)cc1C#N. The van der Waals surface area contributed by atoms with Crippen molar-refractivity contribution >= 4 is 11.4 Å². The predicted molar refractivity (Wildman–Crippen MR) is 70.6 cm³/mol. The first-order valence-electron chi connectivity index (χ1n) is 6.24. The van der Waals surface area contributed by atoms with Gasteiger partial charge < -0.3 is 11.1 Å². The zero-order chi connectivity index (χ0) is 12.3. The molecule has 3 N–H and O–H groups in total. The van der Waals surface area contributed by atoms with Gasteiger partial charge in [-0.1, -0.05) is 19.8 Å². The molecule has 2 rings (SSSR count). The first kappa shape index (κ1) is 11.8. The fourth-order valence-corrected chi connectivity index (χ4v) is 2.58. The summed E-state index contributed by atoms with van der Waals surface area (Å²) in [4.78, 5) is 0. The Morgan fingerprint density at radius 2 is 2.29 bits per heavy atom. The van der Waals surface area contributed by atoms with E-state index in [1.807, 2.05) is 12.1 Å². The van der Waals surface area contributed by atoms with E-state index in [4.69, 9.17) is 11.0 Å². The van der Waals surface area contributed by atoms with Crippen LogP contribution in [0.1, 0.15) is 31.7 Å². The molecule has 1 saturated carbocycles. The molecule has 1 aliphatic carbocycles. The third-order valence-corrected chi connectivity index (χ3v) is 3.76. The van der Waals surface area contributed by atoms with Crippen LogP contribution in [0.2, 0.25) is 0 Å². The smallest absolute Gasteiger partial charge is 0.101 e. The van der Waals surface area contributed by atoms with Gasteiger partial charge in [-0.05, 0) is 36.5 Å². The van der Waals surface area contributed by atoms with Crippen molar-refractivity contribution in [1.82, 2.24) is 0 Å². The summed E-state index contributed by atoms with van der Waals surface area (Å²) in [6.45, 7) is 3.27. The Kier molecular flexibility index (Phi) is 3.53. The van der Waals surface area contributed by atoms with E-state index in [-0.39, 0.29) is 0 Å². The minimum Gasteiger partial charge on any atom is -0.399 e. The van der Waals surface area contributed by atoms with E-state index in [0.29, 0.717) is 11.3 Å². The Bertz CT molecular complexity index is 434. The maximum Gasteiger partial charge on any atom is 0.101 e. The zero-order valence-corrected chi connectivity index (χ0v) is 10.2. The number of rotatable bonds is 3. The average Bonchev–Trinajstić information content (AvgIpc) is 2.73. The first-order chi connectivity index (χ1) is 8.20. The molecular weight excluding hydrogens is 210 g/mol. The highest BCUT2D eigenvalue weighted by Crippen LogP contribution is 2.31. The Balaban J connectivity index is 2.01. The van der Waals surface area contributed by atoms with Gasteiger partial charge in [-0.15, -0.1) is 0 Å². The Morgan fingerprint density at radius 3 is 2.94 bits per heavy atom. The van der Waals surface area contributed by atoms with E-state index >= 15 is 0 Å². The molecule has 2 atom stereocenters. The zero-order valence-electron chi connectivity index (χ0n) is 10.2. The quantitative estimate of drug-likeness (QED) is 0.783. The second kappa shape index (κ2) is 5.09. The van der Waals surface area contributed by atoms with Crippen molar-refractivity contribution in [2.24, 2.45) is 11.8 Å². The summed E-state index contributed by atoms with van der Waals surface area (Å²) in [5, 5.41) is 12.4. The number of nitrogen functional groups attached to an aromatic ring is 1. The van der Waals surface area contributed by atoms with E-state index in [1.54, 1.807) is 6.07 Å². The minimum absolute atomic E-state index is 0.635. The van der Waals surface area contributed by atoms with Crippen molar-refractivity contribution in [3.05, 3.63) is 23.8 Å². The van der Waals surface area contributed by atoms with Crippen LogP contribution in [0.15, 0.2) is 18.2 Å². The molecule has 0 radical (unpaired) electrons. The van der Waals surface area contributed by atoms with Crippen molar-refractivity contribution < 1.29 is 0 Å². The molecule has 1 fully saturated rings. The number of nitrogens with zero attached hydrogens (tertiary/aromatic N) is 1. The van der Waals surface area contributed by atoms with Crippen LogP contribution >= 0.6 is 0 Å². The number of nitrogens with two attached hydrogens (primary N) is 1. The molecule has 0 heterocycles. The lowest BCUT2D eigenvalue weighted by Gasteiger charge is -2.17. The van der Waals surface area contributed by atoms with Crippen LogP contribution in [-0.4, -0.2) is 6.54 Å². The standard InChI is InChI=1S/C14H19N3/c1-10-3-2-4-11(10)9-17-14-6-5-13(16)7-12(14)8-15/h5-7,10-11,17H,2-4,9,16H2,1H3. The molecular formula is C14H19N3. The number of nitrogens with one attached hydrogen (secondary N) is 1. The summed E-state index contributed by atoms with van der Waals surface area (Å²) in [5.41, 5.74) is 7.84. The van der Waals surface area contributed by atoms with Gasteiger partial charge in [-0.3, -0.25) is 0 Å². The number of hydrogen-bond donors (Lipinski definition) is 2. The van der Waals surface area contributed by atoms with Gasteiger partial charge in [0.1, 0.15) is 6.07 Å². The van der Waals surface area contributed by atoms with Gasteiger partial charge in [-0.2, -0.15) is 5.26 Å². The van der Waals surface area contributed by atoms with Crippen LogP contribution in [-0.2, 0) is 0 Å². The van der Waals surface area contributed by atoms with Crippen molar-refractivity contribution in [2.75, 3.05) is 17.6 Å². The minimum atomic E-state index is 0.635. The molecule has 0 saturated heterocycles. The van der Waals surface area contributed by atoms with Crippen LogP contribution < -0.4 is 11.1 Å². The van der Waals surface area contributed by atoms with Gasteiger partial charge >= 0.3 is 0 Å². The Hall–Kier alpha value is -1.69.